The lowest BCUT2D eigenvalue weighted by molar-refractivity contribution is 0.108. The number of rotatable bonds is 1. The summed E-state index contributed by atoms with van der Waals surface area (Å²) in [6.45, 7) is 0. The van der Waals surface area contributed by atoms with Gasteiger partial charge in [-0.3, -0.25) is 0 Å². The molecule has 0 saturated heterocycles. The molecular formula is C8H4BNO. The first-order chi connectivity index (χ1) is 5.24. The molecule has 0 saturated carbocycles. The summed E-state index contributed by atoms with van der Waals surface area (Å²) in [6, 6.07) is 8.19. The molecule has 50 valence electrons. The molecule has 0 aliphatic carbocycles. The normalized spacial score (nSPS) is 8.64. The van der Waals surface area contributed by atoms with Crippen molar-refractivity contribution in [3.63, 3.8) is 0 Å². The molecule has 0 amide bonds. The SMILES string of the molecule is [B]C(=O)c1cccc(C#N)c1. The van der Waals surface area contributed by atoms with Crippen LogP contribution in [0.25, 0.3) is 0 Å². The van der Waals surface area contributed by atoms with Crippen LogP contribution >= 0.6 is 0 Å². The Morgan fingerprint density at radius 3 is 2.82 bits per heavy atom. The van der Waals surface area contributed by atoms with Crippen LogP contribution in [0.4, 0.5) is 0 Å². The van der Waals surface area contributed by atoms with Gasteiger partial charge in [0, 0.05) is 5.56 Å². The monoisotopic (exact) mass is 141 g/mol. The van der Waals surface area contributed by atoms with E-state index >= 15 is 0 Å². The first-order valence-electron chi connectivity index (χ1n) is 3.04. The molecule has 0 unspecified atom stereocenters. The van der Waals surface area contributed by atoms with Crippen molar-refractivity contribution in [1.82, 2.24) is 0 Å². The van der Waals surface area contributed by atoms with E-state index in [1.807, 2.05) is 6.07 Å². The Hall–Kier alpha value is -1.56. The summed E-state index contributed by atoms with van der Waals surface area (Å²) >= 11 is 0. The maximum Gasteiger partial charge on any atom is 0.175 e. The second-order valence-corrected chi connectivity index (χ2v) is 2.06. The number of nitrogens with zero attached hydrogens (tertiary/aromatic N) is 1. The van der Waals surface area contributed by atoms with Crippen LogP contribution in [-0.4, -0.2) is 13.5 Å². The van der Waals surface area contributed by atoms with Gasteiger partial charge in [0.2, 0.25) is 0 Å². The number of carbonyl (C=O) groups excluding carboxylic acids is 1. The van der Waals surface area contributed by atoms with E-state index in [1.165, 1.54) is 6.07 Å². The van der Waals surface area contributed by atoms with Crippen LogP contribution in [0.5, 0.6) is 0 Å². The van der Waals surface area contributed by atoms with Crippen LogP contribution in [0, 0.1) is 11.3 Å². The highest BCUT2D eigenvalue weighted by Gasteiger charge is 1.97. The standard InChI is InChI=1S/C8H4BNO/c9-8(11)7-3-1-2-6(4-7)5-10/h1-4H. The van der Waals surface area contributed by atoms with E-state index in [0.717, 1.165) is 0 Å². The second-order valence-electron chi connectivity index (χ2n) is 2.06. The molecule has 1 rings (SSSR count). The van der Waals surface area contributed by atoms with Gasteiger partial charge in [-0.2, -0.15) is 5.26 Å². The smallest absolute Gasteiger partial charge is 0.175 e. The summed E-state index contributed by atoms with van der Waals surface area (Å²) in [7, 11) is 4.99. The molecule has 2 radical (unpaired) electrons. The van der Waals surface area contributed by atoms with Gasteiger partial charge in [-0.25, -0.2) is 0 Å². The zero-order valence-electron chi connectivity index (χ0n) is 5.74. The Morgan fingerprint density at radius 2 is 2.27 bits per heavy atom. The fourth-order valence-corrected chi connectivity index (χ4v) is 0.742. The first-order valence-corrected chi connectivity index (χ1v) is 3.04. The maximum atomic E-state index is 10.6. The van der Waals surface area contributed by atoms with Crippen LogP contribution < -0.4 is 0 Å². The second kappa shape index (κ2) is 3.02. The van der Waals surface area contributed by atoms with Gasteiger partial charge in [0.05, 0.1) is 11.6 Å². The Morgan fingerprint density at radius 1 is 1.55 bits per heavy atom. The topological polar surface area (TPSA) is 40.9 Å². The van der Waals surface area contributed by atoms with Crippen LogP contribution in [-0.2, 0) is 0 Å². The van der Waals surface area contributed by atoms with Crippen LogP contribution in [0.2, 0.25) is 0 Å². The van der Waals surface area contributed by atoms with E-state index in [4.69, 9.17) is 13.1 Å². The molecule has 3 heteroatoms. The van der Waals surface area contributed by atoms with E-state index in [2.05, 4.69) is 0 Å². The third-order valence-corrected chi connectivity index (χ3v) is 1.28. The lowest BCUT2D eigenvalue weighted by atomic mass is 9.94. The number of hydrogen-bond acceptors (Lipinski definition) is 2. The molecule has 1 aromatic rings. The summed E-state index contributed by atoms with van der Waals surface area (Å²) in [5, 5.41) is 8.44. The van der Waals surface area contributed by atoms with Crippen molar-refractivity contribution in [2.24, 2.45) is 0 Å². The lowest BCUT2D eigenvalue weighted by Crippen LogP contribution is -1.96. The van der Waals surface area contributed by atoms with Crippen LogP contribution in [0.1, 0.15) is 15.9 Å². The van der Waals surface area contributed by atoms with E-state index in [0.29, 0.717) is 11.1 Å². The van der Waals surface area contributed by atoms with E-state index in [9.17, 15) is 4.79 Å². The van der Waals surface area contributed by atoms with Crippen molar-refractivity contribution in [2.75, 3.05) is 0 Å². The Labute approximate surface area is 65.9 Å². The van der Waals surface area contributed by atoms with Gasteiger partial charge in [-0.1, -0.05) is 12.1 Å². The van der Waals surface area contributed by atoms with Crippen LogP contribution in [0.3, 0.4) is 0 Å². The molecule has 2 nitrogen and oxygen atoms in total. The zero-order chi connectivity index (χ0) is 8.27. The highest BCUT2D eigenvalue weighted by Crippen LogP contribution is 2.02. The summed E-state index contributed by atoms with van der Waals surface area (Å²) < 4.78 is 0. The van der Waals surface area contributed by atoms with Crippen molar-refractivity contribution in [3.8, 4) is 6.07 Å². The Balaban J connectivity index is 3.13. The third-order valence-electron chi connectivity index (χ3n) is 1.28. The van der Waals surface area contributed by atoms with E-state index < -0.39 is 5.68 Å². The highest BCUT2D eigenvalue weighted by atomic mass is 16.1. The number of nitriles is 1. The summed E-state index contributed by atoms with van der Waals surface area (Å²) in [5.74, 6) is 0. The van der Waals surface area contributed by atoms with Gasteiger partial charge in [0.15, 0.2) is 7.85 Å². The van der Waals surface area contributed by atoms with Crippen molar-refractivity contribution in [1.29, 1.82) is 5.26 Å². The summed E-state index contributed by atoms with van der Waals surface area (Å²) in [5.41, 5.74) is 0.299. The van der Waals surface area contributed by atoms with Gasteiger partial charge in [-0.05, 0) is 12.1 Å². The minimum absolute atomic E-state index is 0.365. The van der Waals surface area contributed by atoms with Crippen molar-refractivity contribution < 1.29 is 4.79 Å². The predicted octanol–water partition coefficient (Wildman–Crippen LogP) is 0.867. The first kappa shape index (κ1) is 7.55. The van der Waals surface area contributed by atoms with Crippen molar-refractivity contribution in [2.45, 2.75) is 0 Å². The lowest BCUT2D eigenvalue weighted by Gasteiger charge is -1.93. The highest BCUT2D eigenvalue weighted by molar-refractivity contribution is 6.62. The number of benzene rings is 1. The molecule has 0 aromatic heterocycles. The van der Waals surface area contributed by atoms with Gasteiger partial charge >= 0.3 is 0 Å². The Bertz CT molecular complexity index is 327. The minimum Gasteiger partial charge on any atom is -0.307 e. The fraction of sp³-hybridized carbons (Fsp3) is 0. The third kappa shape index (κ3) is 1.68. The summed E-state index contributed by atoms with van der Waals surface area (Å²) in [4.78, 5) is 10.6. The molecule has 0 atom stereocenters. The molecule has 1 aromatic carbocycles. The van der Waals surface area contributed by atoms with Crippen LogP contribution in [0.15, 0.2) is 24.3 Å². The van der Waals surface area contributed by atoms with E-state index in [1.54, 1.807) is 18.2 Å². The molecule has 0 aliphatic rings. The Kier molecular flexibility index (Phi) is 2.07. The average Bonchev–Trinajstić information content (AvgIpc) is 2.05. The molecule has 0 N–H and O–H groups in total. The molecule has 0 aliphatic heterocycles. The predicted molar refractivity (Wildman–Crippen MR) is 41.2 cm³/mol. The number of hydrogen-bond donors (Lipinski definition) is 0. The molecule has 0 fully saturated rings. The van der Waals surface area contributed by atoms with Gasteiger partial charge in [0.25, 0.3) is 0 Å². The molecule has 0 bridgehead atoms. The quantitative estimate of drug-likeness (QED) is 0.544. The van der Waals surface area contributed by atoms with E-state index in [-0.39, 0.29) is 0 Å². The molecular weight excluding hydrogens is 137 g/mol. The fourth-order valence-electron chi connectivity index (χ4n) is 0.742. The van der Waals surface area contributed by atoms with Gasteiger partial charge in [-0.15, -0.1) is 0 Å². The zero-order valence-corrected chi connectivity index (χ0v) is 5.74. The molecule has 0 heterocycles. The molecule has 11 heavy (non-hydrogen) atoms. The number of carbonyl (C=O) groups is 1. The minimum atomic E-state index is -0.512. The molecule has 0 spiro atoms. The van der Waals surface area contributed by atoms with Gasteiger partial charge < -0.3 is 4.79 Å². The van der Waals surface area contributed by atoms with Crippen molar-refractivity contribution in [3.05, 3.63) is 35.4 Å². The van der Waals surface area contributed by atoms with Gasteiger partial charge in [0.1, 0.15) is 5.68 Å². The summed E-state index contributed by atoms with van der Waals surface area (Å²) in [6.07, 6.45) is 0. The van der Waals surface area contributed by atoms with Crippen molar-refractivity contribution >= 4 is 13.5 Å². The largest absolute Gasteiger partial charge is 0.307 e. The maximum absolute atomic E-state index is 10.6. The average molecular weight is 141 g/mol.